The van der Waals surface area contributed by atoms with Gasteiger partial charge in [-0.15, -0.1) is 0 Å². The molecular formula is C20H40NNb-3. The summed E-state index contributed by atoms with van der Waals surface area (Å²) < 4.78 is 4.07. The smallest absolute Gasteiger partial charge is 0.0530 e. The largest absolute Gasteiger partial charge is 0.346 e. The van der Waals surface area contributed by atoms with Crippen LogP contribution in [0.25, 0.3) is 0 Å². The van der Waals surface area contributed by atoms with E-state index in [1.807, 2.05) is 0 Å². The predicted molar refractivity (Wildman–Crippen MR) is 97.1 cm³/mol. The molecule has 0 saturated heterocycles. The molecule has 0 aromatic carbocycles. The number of hydrogen-bond donors (Lipinski definition) is 0. The van der Waals surface area contributed by atoms with Crippen LogP contribution in [0.3, 0.4) is 0 Å². The van der Waals surface area contributed by atoms with Gasteiger partial charge in [0, 0.05) is 0 Å². The molecule has 0 radical (unpaired) electrons. The van der Waals surface area contributed by atoms with Crippen molar-refractivity contribution in [2.24, 2.45) is 15.2 Å². The van der Waals surface area contributed by atoms with Crippen molar-refractivity contribution in [1.82, 2.24) is 0 Å². The average molecular weight is 387 g/mol. The van der Waals surface area contributed by atoms with Crippen molar-refractivity contribution in [3.63, 3.8) is 0 Å². The fourth-order valence-corrected chi connectivity index (χ4v) is 2.44. The van der Waals surface area contributed by atoms with Gasteiger partial charge in [-0.25, -0.2) is 0 Å². The third-order valence-corrected chi connectivity index (χ3v) is 5.03. The van der Waals surface area contributed by atoms with E-state index in [1.165, 1.54) is 72.3 Å². The molecule has 0 aromatic rings. The number of nitrogens with zero attached hydrogens (tertiary/aromatic N) is 1. The normalized spacial score (nSPS) is 24.3. The van der Waals surface area contributed by atoms with Gasteiger partial charge in [0.05, 0.1) is 0 Å². The molecule has 0 aromatic heterocycles. The summed E-state index contributed by atoms with van der Waals surface area (Å²) >= 11 is 1.52. The molecule has 2 rings (SSSR count). The molecule has 2 saturated carbocycles. The Labute approximate surface area is 154 Å². The van der Waals surface area contributed by atoms with Crippen LogP contribution in [0.2, 0.25) is 0 Å². The van der Waals surface area contributed by atoms with Crippen LogP contribution in [0.4, 0.5) is 0 Å². The van der Waals surface area contributed by atoms with Crippen LogP contribution in [-0.4, -0.2) is 5.54 Å². The van der Waals surface area contributed by atoms with Gasteiger partial charge in [-0.3, -0.25) is 0 Å². The first-order chi connectivity index (χ1) is 10.3. The van der Waals surface area contributed by atoms with Crippen LogP contribution in [0, 0.1) is 31.6 Å². The van der Waals surface area contributed by atoms with Crippen molar-refractivity contribution in [2.75, 3.05) is 0 Å². The van der Waals surface area contributed by atoms with Crippen LogP contribution >= 0.6 is 0 Å². The zero-order valence-electron chi connectivity index (χ0n) is 16.1. The van der Waals surface area contributed by atoms with Gasteiger partial charge in [-0.2, -0.15) is 32.6 Å². The first-order valence-electron chi connectivity index (χ1n) is 9.05. The molecule has 0 heterocycles. The van der Waals surface area contributed by atoms with E-state index < -0.39 is 0 Å². The molecule has 0 bridgehead atoms. The van der Waals surface area contributed by atoms with E-state index in [-0.39, 0.29) is 5.54 Å². The molecular weight excluding hydrogens is 347 g/mol. The van der Waals surface area contributed by atoms with Crippen LogP contribution in [0.15, 0.2) is 3.34 Å². The van der Waals surface area contributed by atoms with E-state index >= 15 is 0 Å². The van der Waals surface area contributed by atoms with Gasteiger partial charge in [-0.1, -0.05) is 51.4 Å². The molecule has 2 unspecified atom stereocenters. The van der Waals surface area contributed by atoms with Crippen LogP contribution in [-0.2, 0) is 20.9 Å². The van der Waals surface area contributed by atoms with E-state index in [4.69, 9.17) is 0 Å². The standard InChI is InChI=1S/C8H15.C6H11.C4H9N.C2H5.Nb/c1-7-4-3-5-8(2)6-7;1-2-4-6-5-3-1;1-4(2,3)5;1-2;/h3,7-8H,4-6H2,1-2H3;1H,2-6H2;1-3H3;1H2,2H3;/q2*-1;;-1;. The number of hydrogen-bond acceptors (Lipinski definition) is 1. The summed E-state index contributed by atoms with van der Waals surface area (Å²) in [5.74, 6) is 1.91. The van der Waals surface area contributed by atoms with E-state index in [0.29, 0.717) is 0 Å². The third-order valence-electron chi connectivity index (χ3n) is 3.56. The minimum atomic E-state index is 0.189. The molecule has 1 nitrogen and oxygen atoms in total. The molecule has 2 aliphatic carbocycles. The zero-order chi connectivity index (χ0) is 17.4. The summed E-state index contributed by atoms with van der Waals surface area (Å²) in [6, 6.07) is 0. The van der Waals surface area contributed by atoms with Gasteiger partial charge in [0.1, 0.15) is 0 Å². The molecule has 22 heavy (non-hydrogen) atoms. The Balaban J connectivity index is 0. The van der Waals surface area contributed by atoms with Crippen molar-refractivity contribution in [3.8, 4) is 0 Å². The van der Waals surface area contributed by atoms with Crippen LogP contribution < -0.4 is 0 Å². The topological polar surface area (TPSA) is 12.4 Å². The summed E-state index contributed by atoms with van der Waals surface area (Å²) in [6.45, 7) is 15.9. The molecule has 2 aliphatic rings. The number of rotatable bonds is 0. The minimum absolute atomic E-state index is 0.189. The summed E-state index contributed by atoms with van der Waals surface area (Å²) in [6.07, 6.45) is 16.1. The predicted octanol–water partition coefficient (Wildman–Crippen LogP) is 7.16. The summed E-state index contributed by atoms with van der Waals surface area (Å²) in [5.41, 5.74) is 0.189. The maximum atomic E-state index is 4.07. The molecule has 0 spiro atoms. The second-order valence-electron chi connectivity index (χ2n) is 7.40. The van der Waals surface area contributed by atoms with Crippen molar-refractivity contribution >= 4 is 0 Å². The summed E-state index contributed by atoms with van der Waals surface area (Å²) in [7, 11) is 0. The van der Waals surface area contributed by atoms with Gasteiger partial charge in [-0.05, 0) is 0 Å². The average Bonchev–Trinajstić information content (AvgIpc) is 2.51. The molecule has 0 amide bonds. The molecule has 2 fully saturated rings. The van der Waals surface area contributed by atoms with Gasteiger partial charge in [0.15, 0.2) is 0 Å². The van der Waals surface area contributed by atoms with E-state index in [2.05, 4.69) is 57.7 Å². The second-order valence-corrected chi connectivity index (χ2v) is 7.90. The fourth-order valence-electron chi connectivity index (χ4n) is 2.44. The minimum Gasteiger partial charge on any atom is -0.346 e. The van der Waals surface area contributed by atoms with Gasteiger partial charge >= 0.3 is 50.5 Å². The fraction of sp³-hybridized carbons (Fsp3) is 0.850. The van der Waals surface area contributed by atoms with Gasteiger partial charge < -0.3 is 19.8 Å². The van der Waals surface area contributed by atoms with Crippen molar-refractivity contribution in [1.29, 1.82) is 0 Å². The Bertz CT molecular complexity index is 209. The molecule has 133 valence electrons. The quantitative estimate of drug-likeness (QED) is 0.309. The first kappa shape index (κ1) is 24.8. The second kappa shape index (κ2) is 16.4. The van der Waals surface area contributed by atoms with Crippen LogP contribution in [0.5, 0.6) is 0 Å². The Morgan fingerprint density at radius 2 is 1.32 bits per heavy atom. The van der Waals surface area contributed by atoms with Gasteiger partial charge in [0.25, 0.3) is 0 Å². The molecule has 0 aliphatic heterocycles. The summed E-state index contributed by atoms with van der Waals surface area (Å²) in [4.78, 5) is 0. The van der Waals surface area contributed by atoms with E-state index in [1.54, 1.807) is 6.92 Å². The Morgan fingerprint density at radius 1 is 0.909 bits per heavy atom. The zero-order valence-corrected chi connectivity index (χ0v) is 18.3. The third kappa shape index (κ3) is 20.5. The maximum Gasteiger partial charge on any atom is -0.0530 e. The van der Waals surface area contributed by atoms with Crippen LogP contribution in [0.1, 0.15) is 92.9 Å². The Hall–Kier alpha value is 0.540. The monoisotopic (exact) mass is 387 g/mol. The SMILES string of the molecule is CC(C)(C)[N]=[Nb].CC1C[CH-]CC(C)C1.[CH-]1CCCCC1.[CH2-]C. The summed E-state index contributed by atoms with van der Waals surface area (Å²) in [5, 5.41) is 0. The Morgan fingerprint density at radius 3 is 1.45 bits per heavy atom. The molecule has 2 atom stereocenters. The Kier molecular flexibility index (Phi) is 18.5. The van der Waals surface area contributed by atoms with Crippen molar-refractivity contribution in [3.05, 3.63) is 19.8 Å². The first-order valence-corrected chi connectivity index (χ1v) is 10.0. The van der Waals surface area contributed by atoms with Crippen molar-refractivity contribution in [2.45, 2.75) is 98.4 Å². The maximum absolute atomic E-state index is 4.07. The molecule has 2 heteroatoms. The molecule has 0 N–H and O–H groups in total. The van der Waals surface area contributed by atoms with Gasteiger partial charge in [0.2, 0.25) is 0 Å². The van der Waals surface area contributed by atoms with E-state index in [9.17, 15) is 0 Å². The van der Waals surface area contributed by atoms with E-state index in [0.717, 1.165) is 11.8 Å². The van der Waals surface area contributed by atoms with Crippen molar-refractivity contribution < 1.29 is 20.9 Å².